The molecule has 0 aliphatic carbocycles. The van der Waals surface area contributed by atoms with Gasteiger partial charge < -0.3 is 9.90 Å². The molecule has 0 fully saturated rings. The lowest BCUT2D eigenvalue weighted by Gasteiger charge is -2.06. The number of phenols is 1. The molecule has 1 aromatic carbocycles. The van der Waals surface area contributed by atoms with Crippen molar-refractivity contribution in [2.45, 2.75) is 12.8 Å². The molecule has 3 heteroatoms. The van der Waals surface area contributed by atoms with Crippen LogP contribution in [-0.4, -0.2) is 11.4 Å². The fourth-order valence-electron chi connectivity index (χ4n) is 1.06. The largest absolute Gasteiger partial charge is 0.508 e. The standard InChI is InChI=1S/C10H9NO2/c1-7(6-12)9-4-8(5-11)2-3-10(9)13/h2-4,6-7,13H,1H3. The number of hydrogen-bond donors (Lipinski definition) is 1. The van der Waals surface area contributed by atoms with Crippen LogP contribution in [0.1, 0.15) is 24.0 Å². The molecule has 0 aliphatic heterocycles. The average Bonchev–Trinajstić information content (AvgIpc) is 2.17. The van der Waals surface area contributed by atoms with Crippen LogP contribution in [0.15, 0.2) is 18.2 Å². The van der Waals surface area contributed by atoms with Crippen molar-refractivity contribution < 1.29 is 9.90 Å². The van der Waals surface area contributed by atoms with E-state index in [1.807, 2.05) is 6.07 Å². The monoisotopic (exact) mass is 175 g/mol. The molecule has 1 rings (SSSR count). The number of carbonyl (C=O) groups excluding carboxylic acids is 1. The number of nitriles is 1. The SMILES string of the molecule is CC(C=O)c1cc(C#N)ccc1O. The molecule has 0 spiro atoms. The van der Waals surface area contributed by atoms with Crippen LogP contribution >= 0.6 is 0 Å². The second-order valence-corrected chi connectivity index (χ2v) is 2.81. The number of phenolic OH excluding ortho intramolecular Hbond substituents is 1. The third kappa shape index (κ3) is 1.85. The number of hydrogen-bond acceptors (Lipinski definition) is 3. The first-order valence-electron chi connectivity index (χ1n) is 3.87. The summed E-state index contributed by atoms with van der Waals surface area (Å²) in [5.41, 5.74) is 0.940. The van der Waals surface area contributed by atoms with Gasteiger partial charge in [-0.15, -0.1) is 0 Å². The minimum absolute atomic E-state index is 0.0543. The molecule has 13 heavy (non-hydrogen) atoms. The Morgan fingerprint density at radius 3 is 2.85 bits per heavy atom. The highest BCUT2D eigenvalue weighted by molar-refractivity contribution is 5.64. The summed E-state index contributed by atoms with van der Waals surface area (Å²) in [6, 6.07) is 6.40. The van der Waals surface area contributed by atoms with Crippen molar-refractivity contribution in [2.75, 3.05) is 0 Å². The lowest BCUT2D eigenvalue weighted by atomic mass is 9.99. The molecule has 0 aliphatic rings. The number of benzene rings is 1. The minimum Gasteiger partial charge on any atom is -0.508 e. The van der Waals surface area contributed by atoms with Gasteiger partial charge in [0.25, 0.3) is 0 Å². The molecule has 1 atom stereocenters. The van der Waals surface area contributed by atoms with E-state index in [0.717, 1.165) is 6.29 Å². The Morgan fingerprint density at radius 1 is 1.62 bits per heavy atom. The van der Waals surface area contributed by atoms with E-state index in [0.29, 0.717) is 11.1 Å². The van der Waals surface area contributed by atoms with Crippen LogP contribution in [-0.2, 0) is 4.79 Å². The van der Waals surface area contributed by atoms with E-state index in [9.17, 15) is 9.90 Å². The summed E-state index contributed by atoms with van der Waals surface area (Å²) in [6.07, 6.45) is 0.732. The third-order valence-corrected chi connectivity index (χ3v) is 1.85. The van der Waals surface area contributed by atoms with Gasteiger partial charge in [-0.25, -0.2) is 0 Å². The van der Waals surface area contributed by atoms with Crippen molar-refractivity contribution in [2.24, 2.45) is 0 Å². The molecular formula is C10H9NO2. The van der Waals surface area contributed by atoms with Crippen LogP contribution < -0.4 is 0 Å². The molecule has 3 nitrogen and oxygen atoms in total. The summed E-state index contributed by atoms with van der Waals surface area (Å²) < 4.78 is 0. The predicted octanol–water partition coefficient (Wildman–Crippen LogP) is 1.57. The van der Waals surface area contributed by atoms with Crippen molar-refractivity contribution in [1.29, 1.82) is 5.26 Å². The van der Waals surface area contributed by atoms with E-state index in [2.05, 4.69) is 0 Å². The molecule has 1 unspecified atom stereocenters. The molecule has 1 aromatic rings. The molecule has 0 aromatic heterocycles. The zero-order chi connectivity index (χ0) is 9.84. The van der Waals surface area contributed by atoms with Crippen molar-refractivity contribution in [3.63, 3.8) is 0 Å². The molecule has 0 bridgehead atoms. The molecular weight excluding hydrogens is 166 g/mol. The van der Waals surface area contributed by atoms with E-state index < -0.39 is 0 Å². The highest BCUT2D eigenvalue weighted by Gasteiger charge is 2.09. The summed E-state index contributed by atoms with van der Waals surface area (Å²) in [5.74, 6) is -0.327. The van der Waals surface area contributed by atoms with E-state index in [1.165, 1.54) is 18.2 Å². The summed E-state index contributed by atoms with van der Waals surface area (Å²) >= 11 is 0. The van der Waals surface area contributed by atoms with Gasteiger partial charge >= 0.3 is 0 Å². The maximum Gasteiger partial charge on any atom is 0.127 e. The van der Waals surface area contributed by atoms with Crippen molar-refractivity contribution in [3.05, 3.63) is 29.3 Å². The molecule has 0 saturated carbocycles. The maximum atomic E-state index is 10.5. The Balaban J connectivity index is 3.20. The topological polar surface area (TPSA) is 61.1 Å². The summed E-state index contributed by atoms with van der Waals surface area (Å²) in [6.45, 7) is 1.67. The molecule has 0 saturated heterocycles. The molecule has 0 radical (unpaired) electrons. The lowest BCUT2D eigenvalue weighted by Crippen LogP contribution is -1.95. The van der Waals surface area contributed by atoms with E-state index in [-0.39, 0.29) is 11.7 Å². The fourth-order valence-corrected chi connectivity index (χ4v) is 1.06. The van der Waals surface area contributed by atoms with E-state index in [1.54, 1.807) is 6.92 Å². The summed E-state index contributed by atoms with van der Waals surface area (Å²) in [4.78, 5) is 10.5. The first-order chi connectivity index (χ1) is 6.19. The predicted molar refractivity (Wildman–Crippen MR) is 47.3 cm³/mol. The van der Waals surface area contributed by atoms with Gasteiger partial charge in [-0.3, -0.25) is 0 Å². The third-order valence-electron chi connectivity index (χ3n) is 1.85. The van der Waals surface area contributed by atoms with Gasteiger partial charge in [0.1, 0.15) is 12.0 Å². The average molecular weight is 175 g/mol. The Labute approximate surface area is 76.2 Å². The van der Waals surface area contributed by atoms with Gasteiger partial charge in [-0.1, -0.05) is 6.92 Å². The first-order valence-corrected chi connectivity index (χ1v) is 3.87. The molecule has 0 amide bonds. The number of carbonyl (C=O) groups is 1. The van der Waals surface area contributed by atoms with Gasteiger partial charge in [-0.2, -0.15) is 5.26 Å². The van der Waals surface area contributed by atoms with Gasteiger partial charge in [0, 0.05) is 11.5 Å². The quantitative estimate of drug-likeness (QED) is 0.694. The Bertz CT molecular complexity index is 366. The summed E-state index contributed by atoms with van der Waals surface area (Å²) in [5, 5.41) is 18.0. The first kappa shape index (κ1) is 9.27. The van der Waals surface area contributed by atoms with Crippen LogP contribution in [0.5, 0.6) is 5.75 Å². The fraction of sp³-hybridized carbons (Fsp3) is 0.200. The Hall–Kier alpha value is -1.82. The highest BCUT2D eigenvalue weighted by Crippen LogP contribution is 2.24. The second-order valence-electron chi connectivity index (χ2n) is 2.81. The number of rotatable bonds is 2. The molecule has 0 heterocycles. The normalized spacial score (nSPS) is 11.7. The van der Waals surface area contributed by atoms with Crippen LogP contribution in [0.25, 0.3) is 0 Å². The minimum atomic E-state index is -0.381. The zero-order valence-corrected chi connectivity index (χ0v) is 7.19. The smallest absolute Gasteiger partial charge is 0.127 e. The van der Waals surface area contributed by atoms with Crippen LogP contribution in [0.4, 0.5) is 0 Å². The molecule has 1 N–H and O–H groups in total. The van der Waals surface area contributed by atoms with Gasteiger partial charge in [0.15, 0.2) is 0 Å². The van der Waals surface area contributed by atoms with Crippen molar-refractivity contribution in [3.8, 4) is 11.8 Å². The summed E-state index contributed by atoms with van der Waals surface area (Å²) in [7, 11) is 0. The van der Waals surface area contributed by atoms with Crippen molar-refractivity contribution in [1.82, 2.24) is 0 Å². The van der Waals surface area contributed by atoms with Gasteiger partial charge in [0.2, 0.25) is 0 Å². The van der Waals surface area contributed by atoms with Crippen LogP contribution in [0.2, 0.25) is 0 Å². The van der Waals surface area contributed by atoms with E-state index >= 15 is 0 Å². The van der Waals surface area contributed by atoms with Crippen LogP contribution in [0, 0.1) is 11.3 Å². The number of nitrogens with zero attached hydrogens (tertiary/aromatic N) is 1. The van der Waals surface area contributed by atoms with Crippen molar-refractivity contribution >= 4 is 6.29 Å². The van der Waals surface area contributed by atoms with Gasteiger partial charge in [-0.05, 0) is 18.2 Å². The van der Waals surface area contributed by atoms with Gasteiger partial charge in [0.05, 0.1) is 11.6 Å². The zero-order valence-electron chi connectivity index (χ0n) is 7.19. The highest BCUT2D eigenvalue weighted by atomic mass is 16.3. The van der Waals surface area contributed by atoms with Crippen LogP contribution in [0.3, 0.4) is 0 Å². The number of aldehydes is 1. The van der Waals surface area contributed by atoms with E-state index in [4.69, 9.17) is 5.26 Å². The number of aromatic hydroxyl groups is 1. The Kier molecular flexibility index (Phi) is 2.65. The Morgan fingerprint density at radius 2 is 2.31 bits per heavy atom. The maximum absolute atomic E-state index is 10.5. The second kappa shape index (κ2) is 3.72. The lowest BCUT2D eigenvalue weighted by molar-refractivity contribution is -0.108. The molecule has 66 valence electrons.